The Kier molecular flexibility index (Phi) is 4.39. The van der Waals surface area contributed by atoms with Gasteiger partial charge in [0.1, 0.15) is 16.7 Å². The fourth-order valence-electron chi connectivity index (χ4n) is 1.87. The van der Waals surface area contributed by atoms with Crippen molar-refractivity contribution in [2.45, 2.75) is 25.6 Å². The molecule has 0 amide bonds. The molecule has 0 atom stereocenters. The molecule has 0 unspecified atom stereocenters. The van der Waals surface area contributed by atoms with Gasteiger partial charge in [0.05, 0.1) is 16.6 Å². The number of nitrogens with zero attached hydrogens (tertiary/aromatic N) is 2. The zero-order chi connectivity index (χ0) is 14.2. The SMILES string of the molecule is CC(C)c1nn(-c2c(F)cccc2Cl)c(Cl)c1CCl. The summed E-state index contributed by atoms with van der Waals surface area (Å²) in [5, 5.41) is 4.90. The lowest BCUT2D eigenvalue weighted by Gasteiger charge is -2.07. The van der Waals surface area contributed by atoms with Gasteiger partial charge in [0.2, 0.25) is 0 Å². The topological polar surface area (TPSA) is 17.8 Å². The Bertz CT molecular complexity index is 588. The Morgan fingerprint density at radius 2 is 2.00 bits per heavy atom. The first-order valence-electron chi connectivity index (χ1n) is 5.75. The molecule has 0 spiro atoms. The van der Waals surface area contributed by atoms with Crippen LogP contribution in [-0.4, -0.2) is 9.78 Å². The predicted molar refractivity (Wildman–Crippen MR) is 77.2 cm³/mol. The van der Waals surface area contributed by atoms with E-state index in [4.69, 9.17) is 34.8 Å². The van der Waals surface area contributed by atoms with Crippen molar-refractivity contribution in [3.05, 3.63) is 45.4 Å². The van der Waals surface area contributed by atoms with E-state index in [2.05, 4.69) is 5.10 Å². The van der Waals surface area contributed by atoms with Crippen LogP contribution in [0.4, 0.5) is 4.39 Å². The lowest BCUT2D eigenvalue weighted by Crippen LogP contribution is -2.02. The molecule has 1 aromatic carbocycles. The van der Waals surface area contributed by atoms with Gasteiger partial charge in [-0.2, -0.15) is 5.10 Å². The maximum Gasteiger partial charge on any atom is 0.150 e. The monoisotopic (exact) mass is 320 g/mol. The van der Waals surface area contributed by atoms with Crippen LogP contribution in [0.1, 0.15) is 31.0 Å². The quantitative estimate of drug-likeness (QED) is 0.712. The summed E-state index contributed by atoms with van der Waals surface area (Å²) in [5.74, 6) is -0.121. The van der Waals surface area contributed by atoms with Crippen molar-refractivity contribution in [2.24, 2.45) is 0 Å². The molecule has 0 aliphatic heterocycles. The van der Waals surface area contributed by atoms with Crippen LogP contribution in [0.2, 0.25) is 10.2 Å². The maximum atomic E-state index is 13.9. The van der Waals surface area contributed by atoms with E-state index >= 15 is 0 Å². The first-order chi connectivity index (χ1) is 8.97. The highest BCUT2D eigenvalue weighted by Crippen LogP contribution is 2.32. The van der Waals surface area contributed by atoms with E-state index in [1.54, 1.807) is 6.07 Å². The van der Waals surface area contributed by atoms with E-state index < -0.39 is 5.82 Å². The average Bonchev–Trinajstić information content (AvgIpc) is 2.67. The Labute approximate surface area is 126 Å². The molecule has 1 heterocycles. The van der Waals surface area contributed by atoms with Gasteiger partial charge in [-0.25, -0.2) is 9.07 Å². The lowest BCUT2D eigenvalue weighted by atomic mass is 10.1. The largest absolute Gasteiger partial charge is 0.217 e. The van der Waals surface area contributed by atoms with E-state index in [0.29, 0.717) is 10.7 Å². The fourth-order valence-corrected chi connectivity index (χ4v) is 2.73. The first kappa shape index (κ1) is 14.6. The zero-order valence-electron chi connectivity index (χ0n) is 10.4. The number of benzene rings is 1. The summed E-state index contributed by atoms with van der Waals surface area (Å²) in [5.41, 5.74) is 1.60. The number of para-hydroxylation sites is 1. The molecule has 2 nitrogen and oxygen atoms in total. The molecule has 0 aliphatic rings. The van der Waals surface area contributed by atoms with Crippen LogP contribution >= 0.6 is 34.8 Å². The molecule has 6 heteroatoms. The summed E-state index contributed by atoms with van der Waals surface area (Å²) >= 11 is 18.2. The Morgan fingerprint density at radius 3 is 2.47 bits per heavy atom. The summed E-state index contributed by atoms with van der Waals surface area (Å²) in [4.78, 5) is 0. The highest BCUT2D eigenvalue weighted by Gasteiger charge is 2.21. The van der Waals surface area contributed by atoms with Gasteiger partial charge in [0.25, 0.3) is 0 Å². The Balaban J connectivity index is 2.70. The van der Waals surface area contributed by atoms with Gasteiger partial charge in [-0.1, -0.05) is 43.1 Å². The Hall–Kier alpha value is -0.770. The summed E-state index contributed by atoms with van der Waals surface area (Å²) < 4.78 is 15.2. The summed E-state index contributed by atoms with van der Waals surface area (Å²) in [6, 6.07) is 4.44. The van der Waals surface area contributed by atoms with Crippen LogP contribution in [0.3, 0.4) is 0 Å². The van der Waals surface area contributed by atoms with Gasteiger partial charge in [-0.15, -0.1) is 11.6 Å². The van der Waals surface area contributed by atoms with Crippen LogP contribution in [0.15, 0.2) is 18.2 Å². The average molecular weight is 322 g/mol. The van der Waals surface area contributed by atoms with Crippen molar-refractivity contribution in [3.63, 3.8) is 0 Å². The number of aromatic nitrogens is 2. The van der Waals surface area contributed by atoms with Crippen LogP contribution in [0.5, 0.6) is 0 Å². The predicted octanol–water partition coefficient (Wildman–Crippen LogP) is 5.18. The maximum absolute atomic E-state index is 13.9. The molecule has 0 aliphatic carbocycles. The third-order valence-electron chi connectivity index (χ3n) is 2.78. The van der Waals surface area contributed by atoms with Crippen LogP contribution < -0.4 is 0 Å². The van der Waals surface area contributed by atoms with Crippen molar-refractivity contribution in [2.75, 3.05) is 0 Å². The molecular weight excluding hydrogens is 310 g/mol. The van der Waals surface area contributed by atoms with Crippen LogP contribution in [0, 0.1) is 5.82 Å². The van der Waals surface area contributed by atoms with Gasteiger partial charge in [-0.3, -0.25) is 0 Å². The Morgan fingerprint density at radius 1 is 1.32 bits per heavy atom. The molecule has 102 valence electrons. The van der Waals surface area contributed by atoms with Gasteiger partial charge in [-0.05, 0) is 18.1 Å². The van der Waals surface area contributed by atoms with Crippen molar-refractivity contribution < 1.29 is 4.39 Å². The van der Waals surface area contributed by atoms with E-state index in [0.717, 1.165) is 5.69 Å². The fraction of sp³-hybridized carbons (Fsp3) is 0.308. The number of halogens is 4. The number of alkyl halides is 1. The van der Waals surface area contributed by atoms with E-state index in [1.165, 1.54) is 16.8 Å². The third-order valence-corrected chi connectivity index (χ3v) is 3.74. The second kappa shape index (κ2) is 5.70. The number of rotatable bonds is 3. The zero-order valence-corrected chi connectivity index (χ0v) is 12.7. The smallest absolute Gasteiger partial charge is 0.150 e. The van der Waals surface area contributed by atoms with Crippen LogP contribution in [-0.2, 0) is 5.88 Å². The minimum Gasteiger partial charge on any atom is -0.217 e. The molecule has 0 saturated carbocycles. The third kappa shape index (κ3) is 2.60. The molecule has 2 aromatic rings. The molecular formula is C13H12Cl3FN2. The molecule has 1 aromatic heterocycles. The molecule has 2 rings (SSSR count). The minimum atomic E-state index is -0.478. The number of hydrogen-bond acceptors (Lipinski definition) is 1. The van der Waals surface area contributed by atoms with Gasteiger partial charge >= 0.3 is 0 Å². The first-order valence-corrected chi connectivity index (χ1v) is 7.04. The number of hydrogen-bond donors (Lipinski definition) is 0. The molecule has 0 radical (unpaired) electrons. The van der Waals surface area contributed by atoms with E-state index in [9.17, 15) is 4.39 Å². The van der Waals surface area contributed by atoms with Crippen molar-refractivity contribution >= 4 is 34.8 Å². The molecule has 0 bridgehead atoms. The second-order valence-corrected chi connectivity index (χ2v) is 5.46. The highest BCUT2D eigenvalue weighted by molar-refractivity contribution is 6.33. The minimum absolute atomic E-state index is 0.137. The summed E-state index contributed by atoms with van der Waals surface area (Å²) in [7, 11) is 0. The van der Waals surface area contributed by atoms with E-state index in [-0.39, 0.29) is 22.5 Å². The standard InChI is InChI=1S/C13H12Cl3FN2/c1-7(2)11-8(6-14)13(16)19(18-11)12-9(15)4-3-5-10(12)17/h3-5,7H,6H2,1-2H3. The molecule has 0 saturated heterocycles. The van der Waals surface area contributed by atoms with E-state index in [1.807, 2.05) is 13.8 Å². The molecule has 0 fully saturated rings. The second-order valence-electron chi connectivity index (χ2n) is 4.43. The lowest BCUT2D eigenvalue weighted by molar-refractivity contribution is 0.609. The molecule has 19 heavy (non-hydrogen) atoms. The van der Waals surface area contributed by atoms with Gasteiger partial charge in [0, 0.05) is 5.56 Å². The van der Waals surface area contributed by atoms with Crippen LogP contribution in [0.25, 0.3) is 5.69 Å². The molecule has 0 N–H and O–H groups in total. The summed E-state index contributed by atoms with van der Waals surface area (Å²) in [6.07, 6.45) is 0. The van der Waals surface area contributed by atoms with Crippen molar-refractivity contribution in [3.8, 4) is 5.69 Å². The summed E-state index contributed by atoms with van der Waals surface area (Å²) in [6.45, 7) is 3.95. The van der Waals surface area contributed by atoms with Gasteiger partial charge in [0.15, 0.2) is 0 Å². The van der Waals surface area contributed by atoms with Gasteiger partial charge < -0.3 is 0 Å². The normalized spacial score (nSPS) is 11.3. The van der Waals surface area contributed by atoms with Crippen molar-refractivity contribution in [1.29, 1.82) is 0 Å². The van der Waals surface area contributed by atoms with Crippen molar-refractivity contribution in [1.82, 2.24) is 9.78 Å². The highest BCUT2D eigenvalue weighted by atomic mass is 35.5.